The van der Waals surface area contributed by atoms with Crippen molar-refractivity contribution < 1.29 is 28.7 Å². The third-order valence-corrected chi connectivity index (χ3v) is 4.38. The Morgan fingerprint density at radius 2 is 1.35 bits per heavy atom. The van der Waals surface area contributed by atoms with Crippen LogP contribution >= 0.6 is 15.2 Å². The van der Waals surface area contributed by atoms with Crippen molar-refractivity contribution in [1.29, 1.82) is 0 Å². The van der Waals surface area contributed by atoms with E-state index >= 15 is 0 Å². The predicted molar refractivity (Wildman–Crippen MR) is 89.1 cm³/mol. The molecular formula is C13H18N2O6P2. The number of nitrogen functional groups attached to an aromatic ring is 2. The number of benzene rings is 2. The summed E-state index contributed by atoms with van der Waals surface area (Å²) >= 11 is 0. The van der Waals surface area contributed by atoms with Crippen molar-refractivity contribution in [2.45, 2.75) is 6.16 Å². The van der Waals surface area contributed by atoms with E-state index in [-0.39, 0.29) is 11.5 Å². The monoisotopic (exact) mass is 360 g/mol. The molecule has 23 heavy (non-hydrogen) atoms. The molecule has 0 saturated heterocycles. The Hall–Kier alpha value is -1.66. The molecule has 0 fully saturated rings. The van der Waals surface area contributed by atoms with Crippen LogP contribution < -0.4 is 16.8 Å². The molecule has 2 aromatic carbocycles. The molecule has 0 aliphatic heterocycles. The minimum absolute atomic E-state index is 0.00769. The fourth-order valence-electron chi connectivity index (χ4n) is 1.57. The second kappa shape index (κ2) is 7.75. The van der Waals surface area contributed by atoms with E-state index in [0.717, 1.165) is 0 Å². The van der Waals surface area contributed by atoms with Crippen LogP contribution in [0.1, 0.15) is 5.56 Å². The lowest BCUT2D eigenvalue weighted by Crippen LogP contribution is -2.02. The normalized spacial score (nSPS) is 11.5. The Bertz CT molecular complexity index is 738. The maximum absolute atomic E-state index is 10.6. The number of para-hydroxylation sites is 1. The maximum atomic E-state index is 10.6. The highest BCUT2D eigenvalue weighted by molar-refractivity contribution is 7.60. The zero-order valence-electron chi connectivity index (χ0n) is 12.0. The van der Waals surface area contributed by atoms with Crippen LogP contribution in [0.25, 0.3) is 0 Å². The van der Waals surface area contributed by atoms with Gasteiger partial charge in [-0.2, -0.15) is 0 Å². The molecule has 8 nitrogen and oxygen atoms in total. The number of hydrogen-bond donors (Lipinski definition) is 6. The number of nitrogens with two attached hydrogens (primary N) is 2. The van der Waals surface area contributed by atoms with E-state index in [4.69, 9.17) is 31.0 Å². The largest absolute Gasteiger partial charge is 0.399 e. The van der Waals surface area contributed by atoms with Gasteiger partial charge in [-0.05, 0) is 35.9 Å². The summed E-state index contributed by atoms with van der Waals surface area (Å²) in [6, 6.07) is 12.2. The highest BCUT2D eigenvalue weighted by Gasteiger charge is 2.15. The van der Waals surface area contributed by atoms with Gasteiger partial charge in [0.25, 0.3) is 0 Å². The smallest absolute Gasteiger partial charge is 0.356 e. The van der Waals surface area contributed by atoms with Gasteiger partial charge in [0.15, 0.2) is 0 Å². The third kappa shape index (κ3) is 7.43. The average molecular weight is 360 g/mol. The Labute approximate surface area is 133 Å². The van der Waals surface area contributed by atoms with Crippen LogP contribution in [0.5, 0.6) is 0 Å². The summed E-state index contributed by atoms with van der Waals surface area (Å²) in [7, 11) is -8.09. The molecule has 0 bridgehead atoms. The predicted octanol–water partition coefficient (Wildman–Crippen LogP) is 1.02. The van der Waals surface area contributed by atoms with E-state index in [0.29, 0.717) is 16.9 Å². The molecule has 0 atom stereocenters. The minimum Gasteiger partial charge on any atom is -0.399 e. The molecule has 0 unspecified atom stereocenters. The van der Waals surface area contributed by atoms with Crippen molar-refractivity contribution in [1.82, 2.24) is 0 Å². The fraction of sp³-hybridized carbons (Fsp3) is 0.0769. The summed E-state index contributed by atoms with van der Waals surface area (Å²) in [5.74, 6) is 0. The van der Waals surface area contributed by atoms with Crippen LogP contribution in [0.15, 0.2) is 48.5 Å². The van der Waals surface area contributed by atoms with Gasteiger partial charge < -0.3 is 31.0 Å². The molecule has 0 aliphatic rings. The highest BCUT2D eigenvalue weighted by Crippen LogP contribution is 2.40. The Kier molecular flexibility index (Phi) is 6.53. The Balaban J connectivity index is 0.000000231. The first-order valence-electron chi connectivity index (χ1n) is 6.28. The van der Waals surface area contributed by atoms with E-state index < -0.39 is 15.2 Å². The number of anilines is 2. The highest BCUT2D eigenvalue weighted by atomic mass is 31.2. The quantitative estimate of drug-likeness (QED) is 0.348. The summed E-state index contributed by atoms with van der Waals surface area (Å²) in [4.78, 5) is 34.6. The van der Waals surface area contributed by atoms with Gasteiger partial charge in [0.1, 0.15) is 0 Å². The molecule has 0 saturated carbocycles. The summed E-state index contributed by atoms with van der Waals surface area (Å²) in [6.07, 6.45) is -0.292. The molecule has 0 amide bonds. The van der Waals surface area contributed by atoms with Crippen molar-refractivity contribution in [2.75, 3.05) is 11.5 Å². The van der Waals surface area contributed by atoms with Crippen LogP contribution in [0.2, 0.25) is 0 Å². The van der Waals surface area contributed by atoms with Crippen molar-refractivity contribution in [3.63, 3.8) is 0 Å². The van der Waals surface area contributed by atoms with Gasteiger partial charge in [-0.15, -0.1) is 0 Å². The molecule has 10 heteroatoms. The van der Waals surface area contributed by atoms with Gasteiger partial charge in [-0.3, -0.25) is 9.13 Å². The standard InChI is InChI=1S/C7H10NO3P.C6H8NO3P/c8-7-4-2-1-3-6(7)5-12(9,10)11;7-5-1-3-6(4-2-5)11(8,9)10/h1-4H,5,8H2,(H2,9,10,11);1-4H,7H2,(H2,8,9,10). The molecule has 126 valence electrons. The zero-order valence-corrected chi connectivity index (χ0v) is 13.8. The van der Waals surface area contributed by atoms with E-state index in [1.54, 1.807) is 24.3 Å². The zero-order chi connectivity index (χ0) is 17.7. The van der Waals surface area contributed by atoms with E-state index in [1.165, 1.54) is 24.3 Å². The van der Waals surface area contributed by atoms with Crippen molar-refractivity contribution in [3.05, 3.63) is 54.1 Å². The summed E-state index contributed by atoms with van der Waals surface area (Å²) in [5, 5.41) is -0.00769. The van der Waals surface area contributed by atoms with Gasteiger partial charge in [0, 0.05) is 11.4 Å². The topological polar surface area (TPSA) is 167 Å². The van der Waals surface area contributed by atoms with Crippen molar-refractivity contribution >= 4 is 31.9 Å². The first kappa shape index (κ1) is 19.4. The first-order valence-corrected chi connectivity index (χ1v) is 9.69. The van der Waals surface area contributed by atoms with Gasteiger partial charge in [-0.25, -0.2) is 0 Å². The van der Waals surface area contributed by atoms with Gasteiger partial charge in [0.05, 0.1) is 11.5 Å². The molecule has 0 spiro atoms. The van der Waals surface area contributed by atoms with E-state index in [1.807, 2.05) is 0 Å². The Morgan fingerprint density at radius 3 is 1.78 bits per heavy atom. The van der Waals surface area contributed by atoms with E-state index in [9.17, 15) is 9.13 Å². The summed E-state index contributed by atoms with van der Waals surface area (Å²) in [6.45, 7) is 0. The van der Waals surface area contributed by atoms with Crippen molar-refractivity contribution in [3.8, 4) is 0 Å². The number of rotatable bonds is 3. The van der Waals surface area contributed by atoms with E-state index in [2.05, 4.69) is 0 Å². The van der Waals surface area contributed by atoms with Gasteiger partial charge in [0.2, 0.25) is 0 Å². The summed E-state index contributed by atoms with van der Waals surface area (Å²) < 4.78 is 21.2. The third-order valence-electron chi connectivity index (χ3n) is 2.66. The summed E-state index contributed by atoms with van der Waals surface area (Å²) in [5.41, 5.74) is 12.2. The molecular weight excluding hydrogens is 342 g/mol. The molecule has 0 heterocycles. The minimum atomic E-state index is -4.09. The molecule has 0 aromatic heterocycles. The van der Waals surface area contributed by atoms with Crippen LogP contribution in [0.4, 0.5) is 11.4 Å². The van der Waals surface area contributed by atoms with Crippen molar-refractivity contribution in [2.24, 2.45) is 0 Å². The first-order chi connectivity index (χ1) is 10.5. The Morgan fingerprint density at radius 1 is 0.826 bits per heavy atom. The molecule has 2 aromatic rings. The second-order valence-electron chi connectivity index (χ2n) is 4.66. The number of hydrogen-bond acceptors (Lipinski definition) is 4. The molecule has 2 rings (SSSR count). The lowest BCUT2D eigenvalue weighted by atomic mass is 10.2. The van der Waals surface area contributed by atoms with Crippen LogP contribution in [-0.4, -0.2) is 19.6 Å². The lowest BCUT2D eigenvalue weighted by molar-refractivity contribution is 0.371. The molecule has 0 aliphatic carbocycles. The van der Waals surface area contributed by atoms with Crippen LogP contribution in [-0.2, 0) is 15.3 Å². The van der Waals surface area contributed by atoms with Gasteiger partial charge in [-0.1, -0.05) is 18.2 Å². The second-order valence-corrected chi connectivity index (χ2v) is 7.91. The maximum Gasteiger partial charge on any atom is 0.356 e. The van der Waals surface area contributed by atoms with Crippen LogP contribution in [0.3, 0.4) is 0 Å². The molecule has 8 N–H and O–H groups in total. The van der Waals surface area contributed by atoms with Crippen LogP contribution in [0, 0.1) is 0 Å². The molecule has 0 radical (unpaired) electrons. The van der Waals surface area contributed by atoms with Gasteiger partial charge >= 0.3 is 15.2 Å². The average Bonchev–Trinajstić information content (AvgIpc) is 2.40. The lowest BCUT2D eigenvalue weighted by Gasteiger charge is -2.05. The fourth-order valence-corrected chi connectivity index (χ4v) is 2.84. The SMILES string of the molecule is Nc1ccc(P(=O)(O)O)cc1.Nc1ccccc1CP(=O)(O)O.